The van der Waals surface area contributed by atoms with Gasteiger partial charge in [-0.2, -0.15) is 9.78 Å². The molecule has 28 heavy (non-hydrogen) atoms. The van der Waals surface area contributed by atoms with Gasteiger partial charge in [0.05, 0.1) is 15.9 Å². The number of fused-ring (bicyclic) bond motifs is 2. The standard InChI is InChI=1S/C18H18N4O4S2/c1-10(2)9-19-22-12-7-8-27-16(12)15(23)14(18(22)24)17-20-11-5-3-4-6-13(11)28(25,26)21-17/h3-10,23,25-26H,1-2H3,(H,20,21). The fraction of sp³-hybridized carbons (Fsp3) is 0.167. The van der Waals surface area contributed by atoms with E-state index in [1.807, 2.05) is 13.8 Å². The Kier molecular flexibility index (Phi) is 4.50. The Morgan fingerprint density at radius 2 is 2.04 bits per heavy atom. The van der Waals surface area contributed by atoms with E-state index in [0.29, 0.717) is 15.9 Å². The third-order valence-electron chi connectivity index (χ3n) is 4.10. The topological polar surface area (TPSA) is 119 Å². The minimum atomic E-state index is -3.52. The molecule has 10 heteroatoms. The second-order valence-corrected chi connectivity index (χ2v) is 9.14. The molecule has 1 aliphatic rings. The minimum absolute atomic E-state index is 0.106. The fourth-order valence-corrected chi connectivity index (χ4v) is 4.84. The third kappa shape index (κ3) is 3.00. The van der Waals surface area contributed by atoms with Crippen molar-refractivity contribution >= 4 is 50.1 Å². The molecule has 0 radical (unpaired) electrons. The lowest BCUT2D eigenvalue weighted by Crippen LogP contribution is -2.30. The highest BCUT2D eigenvalue weighted by Crippen LogP contribution is 2.55. The van der Waals surface area contributed by atoms with Gasteiger partial charge in [0, 0.05) is 6.21 Å². The number of anilines is 1. The summed E-state index contributed by atoms with van der Waals surface area (Å²) >= 11 is 1.25. The Bertz CT molecular complexity index is 1190. The predicted molar refractivity (Wildman–Crippen MR) is 114 cm³/mol. The van der Waals surface area contributed by atoms with Gasteiger partial charge in [-0.15, -0.1) is 15.7 Å². The van der Waals surface area contributed by atoms with Crippen LogP contribution in [0.2, 0.25) is 0 Å². The molecule has 3 heterocycles. The van der Waals surface area contributed by atoms with E-state index in [0.717, 1.165) is 0 Å². The zero-order chi connectivity index (χ0) is 20.1. The normalized spacial score (nSPS) is 16.8. The summed E-state index contributed by atoms with van der Waals surface area (Å²) in [5.74, 6) is -0.265. The van der Waals surface area contributed by atoms with E-state index < -0.39 is 16.3 Å². The minimum Gasteiger partial charge on any atom is -0.505 e. The molecule has 0 amide bonds. The highest BCUT2D eigenvalue weighted by Gasteiger charge is 2.30. The van der Waals surface area contributed by atoms with Gasteiger partial charge < -0.3 is 10.4 Å². The van der Waals surface area contributed by atoms with E-state index in [1.165, 1.54) is 16.0 Å². The van der Waals surface area contributed by atoms with Crippen molar-refractivity contribution in [1.82, 2.24) is 4.68 Å². The average Bonchev–Trinajstić information content (AvgIpc) is 3.11. The molecule has 2 aromatic heterocycles. The Labute approximate surface area is 166 Å². The number of pyridine rings is 1. The van der Waals surface area contributed by atoms with Gasteiger partial charge in [0.1, 0.15) is 10.5 Å². The summed E-state index contributed by atoms with van der Waals surface area (Å²) in [4.78, 5) is 13.4. The maximum absolute atomic E-state index is 13.2. The van der Waals surface area contributed by atoms with E-state index >= 15 is 0 Å². The summed E-state index contributed by atoms with van der Waals surface area (Å²) in [6.45, 7) is 3.86. The monoisotopic (exact) mass is 418 g/mol. The van der Waals surface area contributed by atoms with Crippen molar-refractivity contribution in [3.8, 4) is 5.75 Å². The summed E-state index contributed by atoms with van der Waals surface area (Å²) in [7, 11) is -3.52. The smallest absolute Gasteiger partial charge is 0.286 e. The molecular weight excluding hydrogens is 400 g/mol. The number of para-hydroxylation sites is 1. The maximum atomic E-state index is 13.2. The van der Waals surface area contributed by atoms with Crippen molar-refractivity contribution in [2.45, 2.75) is 18.7 Å². The van der Waals surface area contributed by atoms with Crippen LogP contribution in [-0.4, -0.2) is 30.9 Å². The molecule has 4 rings (SSSR count). The molecule has 8 nitrogen and oxygen atoms in total. The van der Waals surface area contributed by atoms with Crippen molar-refractivity contribution in [2.75, 3.05) is 5.32 Å². The maximum Gasteiger partial charge on any atom is 0.286 e. The molecular formula is C18H18N4O4S2. The van der Waals surface area contributed by atoms with Gasteiger partial charge >= 0.3 is 0 Å². The first-order valence-electron chi connectivity index (χ1n) is 8.44. The summed E-state index contributed by atoms with van der Waals surface area (Å²) < 4.78 is 26.5. The molecule has 0 unspecified atom stereocenters. The number of amidine groups is 1. The van der Waals surface area contributed by atoms with Crippen LogP contribution in [-0.2, 0) is 0 Å². The van der Waals surface area contributed by atoms with Crippen LogP contribution in [0.25, 0.3) is 10.2 Å². The molecule has 0 saturated carbocycles. The van der Waals surface area contributed by atoms with Crippen molar-refractivity contribution in [3.63, 3.8) is 0 Å². The van der Waals surface area contributed by atoms with E-state index in [2.05, 4.69) is 14.8 Å². The van der Waals surface area contributed by atoms with Gasteiger partial charge in [0.15, 0.2) is 11.6 Å². The van der Waals surface area contributed by atoms with Crippen LogP contribution in [0.1, 0.15) is 19.4 Å². The van der Waals surface area contributed by atoms with Gasteiger partial charge in [-0.3, -0.25) is 13.9 Å². The second-order valence-electron chi connectivity index (χ2n) is 6.56. The SMILES string of the molecule is CC(C)C=Nn1c(=O)c(C2=NS(O)(O)c3ccccc3N2)c(O)c2sccc21. The van der Waals surface area contributed by atoms with Gasteiger partial charge in [0.25, 0.3) is 5.56 Å². The van der Waals surface area contributed by atoms with Crippen LogP contribution in [0.4, 0.5) is 5.69 Å². The summed E-state index contributed by atoms with van der Waals surface area (Å²) in [6, 6.07) is 8.28. The van der Waals surface area contributed by atoms with E-state index in [4.69, 9.17) is 0 Å². The molecule has 146 valence electrons. The molecule has 0 fully saturated rings. The molecule has 3 aromatic rings. The Morgan fingerprint density at radius 3 is 2.79 bits per heavy atom. The lowest BCUT2D eigenvalue weighted by atomic mass is 10.2. The van der Waals surface area contributed by atoms with Crippen molar-refractivity contribution in [2.24, 2.45) is 15.4 Å². The van der Waals surface area contributed by atoms with Gasteiger partial charge in [-0.1, -0.05) is 36.8 Å². The van der Waals surface area contributed by atoms with Crippen LogP contribution >= 0.6 is 22.1 Å². The van der Waals surface area contributed by atoms with Crippen LogP contribution in [0, 0.1) is 5.92 Å². The molecule has 0 bridgehead atoms. The van der Waals surface area contributed by atoms with Crippen molar-refractivity contribution in [1.29, 1.82) is 0 Å². The van der Waals surface area contributed by atoms with Gasteiger partial charge in [0.2, 0.25) is 0 Å². The first kappa shape index (κ1) is 18.7. The first-order valence-corrected chi connectivity index (χ1v) is 10.8. The average molecular weight is 419 g/mol. The summed E-state index contributed by atoms with van der Waals surface area (Å²) in [5, 5.41) is 19.7. The Morgan fingerprint density at radius 1 is 1.29 bits per heavy atom. The number of hydrogen-bond donors (Lipinski definition) is 4. The quantitative estimate of drug-likeness (QED) is 0.476. The third-order valence-corrected chi connectivity index (χ3v) is 6.40. The summed E-state index contributed by atoms with van der Waals surface area (Å²) in [5.41, 5.74) is 0.109. The predicted octanol–water partition coefficient (Wildman–Crippen LogP) is 4.16. The van der Waals surface area contributed by atoms with Crippen molar-refractivity contribution < 1.29 is 14.2 Å². The number of nitrogens with zero attached hydrogens (tertiary/aromatic N) is 3. The second kappa shape index (κ2) is 6.74. The Balaban J connectivity index is 1.98. The number of hydrogen-bond acceptors (Lipinski definition) is 8. The zero-order valence-electron chi connectivity index (χ0n) is 15.0. The van der Waals surface area contributed by atoms with Crippen LogP contribution in [0.3, 0.4) is 0 Å². The number of rotatable bonds is 3. The number of benzene rings is 1. The number of thiophene rings is 1. The van der Waals surface area contributed by atoms with E-state index in [1.54, 1.807) is 41.9 Å². The van der Waals surface area contributed by atoms with E-state index in [-0.39, 0.29) is 28.0 Å². The molecule has 4 N–H and O–H groups in total. The van der Waals surface area contributed by atoms with Crippen LogP contribution < -0.4 is 10.9 Å². The Hall–Kier alpha value is -2.66. The lowest BCUT2D eigenvalue weighted by Gasteiger charge is -2.34. The first-order chi connectivity index (χ1) is 13.3. The highest BCUT2D eigenvalue weighted by atomic mass is 32.3. The highest BCUT2D eigenvalue weighted by molar-refractivity contribution is 8.23. The number of aromatic nitrogens is 1. The largest absolute Gasteiger partial charge is 0.505 e. The van der Waals surface area contributed by atoms with Gasteiger partial charge in [-0.25, -0.2) is 0 Å². The van der Waals surface area contributed by atoms with Crippen LogP contribution in [0.5, 0.6) is 5.75 Å². The van der Waals surface area contributed by atoms with Gasteiger partial charge in [-0.05, 0) is 29.5 Å². The van der Waals surface area contributed by atoms with Crippen molar-refractivity contribution in [3.05, 3.63) is 51.6 Å². The zero-order valence-corrected chi connectivity index (χ0v) is 16.7. The molecule has 0 saturated heterocycles. The molecule has 0 spiro atoms. The molecule has 0 aliphatic carbocycles. The molecule has 0 atom stereocenters. The molecule has 1 aromatic carbocycles. The number of aromatic hydroxyl groups is 1. The van der Waals surface area contributed by atoms with Crippen LogP contribution in [0.15, 0.2) is 54.9 Å². The molecule has 1 aliphatic heterocycles. The fourth-order valence-electron chi connectivity index (χ4n) is 2.85. The number of nitrogens with one attached hydrogen (secondary N) is 1. The lowest BCUT2D eigenvalue weighted by molar-refractivity contribution is 0.479. The summed E-state index contributed by atoms with van der Waals surface area (Å²) in [6.07, 6.45) is 1.62. The van der Waals surface area contributed by atoms with E-state index in [9.17, 15) is 19.0 Å².